The molecule has 1 aromatic carbocycles. The third-order valence-electron chi connectivity index (χ3n) is 2.87. The number of rotatable bonds is 1. The highest BCUT2D eigenvalue weighted by Crippen LogP contribution is 2.38. The van der Waals surface area contributed by atoms with E-state index in [1.807, 2.05) is 0 Å². The van der Waals surface area contributed by atoms with Gasteiger partial charge in [-0.25, -0.2) is 9.18 Å². The molecule has 0 radical (unpaired) electrons. The van der Waals surface area contributed by atoms with E-state index in [1.165, 1.54) is 6.07 Å². The molecule has 5 heteroatoms. The van der Waals surface area contributed by atoms with Crippen molar-refractivity contribution >= 4 is 27.7 Å². The van der Waals surface area contributed by atoms with Crippen molar-refractivity contribution in [2.24, 2.45) is 0 Å². The number of halogens is 2. The fraction of sp³-hybridized carbons (Fsp3) is 0.429. The maximum absolute atomic E-state index is 14.8. The van der Waals surface area contributed by atoms with Gasteiger partial charge >= 0.3 is 5.97 Å². The molecule has 0 heterocycles. The molecule has 19 heavy (non-hydrogen) atoms. The molecule has 0 saturated heterocycles. The third kappa shape index (κ3) is 2.43. The van der Waals surface area contributed by atoms with Gasteiger partial charge in [-0.2, -0.15) is 0 Å². The van der Waals surface area contributed by atoms with Crippen molar-refractivity contribution in [2.45, 2.75) is 38.5 Å². The lowest BCUT2D eigenvalue weighted by atomic mass is 10.0. The van der Waals surface area contributed by atoms with E-state index >= 15 is 0 Å². The number of carbonyl (C=O) groups excluding carboxylic acids is 2. The first kappa shape index (κ1) is 14.2. The van der Waals surface area contributed by atoms with Gasteiger partial charge in [0.2, 0.25) is 5.78 Å². The quantitative estimate of drug-likeness (QED) is 0.587. The highest BCUT2D eigenvalue weighted by molar-refractivity contribution is 9.10. The average Bonchev–Trinajstić information content (AvgIpc) is 2.53. The van der Waals surface area contributed by atoms with Crippen LogP contribution in [0.3, 0.4) is 0 Å². The summed E-state index contributed by atoms with van der Waals surface area (Å²) >= 11 is 3.27. The van der Waals surface area contributed by atoms with Crippen LogP contribution in [-0.4, -0.2) is 23.0 Å². The minimum atomic E-state index is -2.61. The predicted octanol–water partition coefficient (Wildman–Crippen LogP) is 3.24. The fourth-order valence-corrected chi connectivity index (χ4v) is 2.52. The van der Waals surface area contributed by atoms with Gasteiger partial charge in [0.25, 0.3) is 5.67 Å². The van der Waals surface area contributed by atoms with Gasteiger partial charge in [-0.1, -0.05) is 28.1 Å². The van der Waals surface area contributed by atoms with E-state index < -0.39 is 23.0 Å². The van der Waals surface area contributed by atoms with E-state index in [2.05, 4.69) is 15.9 Å². The Balaban J connectivity index is 2.37. The van der Waals surface area contributed by atoms with E-state index in [4.69, 9.17) is 4.74 Å². The van der Waals surface area contributed by atoms with Crippen LogP contribution in [0.4, 0.5) is 4.39 Å². The summed E-state index contributed by atoms with van der Waals surface area (Å²) < 4.78 is 20.4. The Hall–Kier alpha value is -1.23. The van der Waals surface area contributed by atoms with Crippen LogP contribution in [0.1, 0.15) is 36.7 Å². The molecule has 2 rings (SSSR count). The number of ether oxygens (including phenoxy) is 1. The topological polar surface area (TPSA) is 43.4 Å². The Morgan fingerprint density at radius 2 is 2.05 bits per heavy atom. The first-order valence-corrected chi connectivity index (χ1v) is 6.69. The SMILES string of the molecule is CC(C)(C)OC(=O)[C@]1(F)Cc2c(Br)cccc2C1=O. The van der Waals surface area contributed by atoms with Crippen LogP contribution in [0, 0.1) is 0 Å². The highest BCUT2D eigenvalue weighted by atomic mass is 79.9. The number of ketones is 1. The number of hydrogen-bond acceptors (Lipinski definition) is 3. The van der Waals surface area contributed by atoms with Gasteiger partial charge in [0.05, 0.1) is 0 Å². The van der Waals surface area contributed by atoms with Crippen molar-refractivity contribution in [2.75, 3.05) is 0 Å². The standard InChI is InChI=1S/C14H14BrFO3/c1-13(2,3)19-12(18)14(16)7-9-8(11(14)17)5-4-6-10(9)15/h4-6H,7H2,1-3H3/t14-/m0/s1. The fourth-order valence-electron chi connectivity index (χ4n) is 2.01. The van der Waals surface area contributed by atoms with Crippen molar-refractivity contribution in [1.82, 2.24) is 0 Å². The molecule has 0 unspecified atom stereocenters. The summed E-state index contributed by atoms with van der Waals surface area (Å²) in [6, 6.07) is 4.88. The molecule has 0 aliphatic heterocycles. The van der Waals surface area contributed by atoms with Gasteiger partial charge in [0.15, 0.2) is 0 Å². The number of Topliss-reactive ketones (excluding diaryl/α,β-unsaturated/α-hetero) is 1. The Morgan fingerprint density at radius 1 is 1.42 bits per heavy atom. The van der Waals surface area contributed by atoms with Crippen molar-refractivity contribution in [1.29, 1.82) is 0 Å². The van der Waals surface area contributed by atoms with Crippen molar-refractivity contribution < 1.29 is 18.7 Å². The third-order valence-corrected chi connectivity index (χ3v) is 3.61. The highest BCUT2D eigenvalue weighted by Gasteiger charge is 2.55. The van der Waals surface area contributed by atoms with Gasteiger partial charge in [0.1, 0.15) is 5.60 Å². The summed E-state index contributed by atoms with van der Waals surface area (Å²) in [6.45, 7) is 4.91. The van der Waals surface area contributed by atoms with Crippen LogP contribution in [0.15, 0.2) is 22.7 Å². The van der Waals surface area contributed by atoms with Gasteiger partial charge in [-0.15, -0.1) is 0 Å². The van der Waals surface area contributed by atoms with Gasteiger partial charge in [-0.05, 0) is 32.4 Å². The Morgan fingerprint density at radius 3 is 2.58 bits per heavy atom. The van der Waals surface area contributed by atoms with Gasteiger partial charge < -0.3 is 4.74 Å². The number of hydrogen-bond donors (Lipinski definition) is 0. The van der Waals surface area contributed by atoms with Crippen LogP contribution in [0.5, 0.6) is 0 Å². The van der Waals surface area contributed by atoms with Gasteiger partial charge in [0, 0.05) is 16.5 Å². The molecular formula is C14H14BrFO3. The zero-order chi connectivity index (χ0) is 14.4. The zero-order valence-corrected chi connectivity index (χ0v) is 12.5. The molecule has 1 aromatic rings. The summed E-state index contributed by atoms with van der Waals surface area (Å²) in [4.78, 5) is 24.0. The number of carbonyl (C=O) groups is 2. The van der Waals surface area contributed by atoms with Crippen LogP contribution >= 0.6 is 15.9 Å². The Bertz CT molecular complexity index is 562. The van der Waals surface area contributed by atoms with Crippen LogP contribution < -0.4 is 0 Å². The lowest BCUT2D eigenvalue weighted by Crippen LogP contribution is -2.44. The minimum absolute atomic E-state index is 0.239. The zero-order valence-electron chi connectivity index (χ0n) is 10.9. The lowest BCUT2D eigenvalue weighted by Gasteiger charge is -2.24. The molecule has 102 valence electrons. The summed E-state index contributed by atoms with van der Waals surface area (Å²) in [5, 5.41) is 0. The maximum atomic E-state index is 14.8. The van der Waals surface area contributed by atoms with Crippen molar-refractivity contribution in [3.63, 3.8) is 0 Å². The number of benzene rings is 1. The van der Waals surface area contributed by atoms with E-state index in [9.17, 15) is 14.0 Å². The Kier molecular flexibility index (Phi) is 3.29. The largest absolute Gasteiger partial charge is 0.457 e. The van der Waals surface area contributed by atoms with Crippen LogP contribution in [0.2, 0.25) is 0 Å². The second-order valence-electron chi connectivity index (χ2n) is 5.57. The van der Waals surface area contributed by atoms with Crippen LogP contribution in [0.25, 0.3) is 0 Å². The first-order chi connectivity index (χ1) is 8.65. The van der Waals surface area contributed by atoms with Gasteiger partial charge in [-0.3, -0.25) is 4.79 Å². The molecule has 0 bridgehead atoms. The molecule has 0 spiro atoms. The molecule has 0 amide bonds. The normalized spacial score (nSPS) is 22.3. The molecule has 0 fully saturated rings. The second-order valence-corrected chi connectivity index (χ2v) is 6.43. The number of esters is 1. The molecule has 1 aliphatic carbocycles. The molecule has 1 aliphatic rings. The minimum Gasteiger partial charge on any atom is -0.457 e. The molecule has 0 saturated carbocycles. The van der Waals surface area contributed by atoms with E-state index in [1.54, 1.807) is 32.9 Å². The number of fused-ring (bicyclic) bond motifs is 1. The Labute approximate surface area is 119 Å². The average molecular weight is 329 g/mol. The second kappa shape index (κ2) is 4.40. The molecule has 0 aromatic heterocycles. The van der Waals surface area contributed by atoms with E-state index in [0.717, 1.165) is 0 Å². The maximum Gasteiger partial charge on any atom is 0.353 e. The van der Waals surface area contributed by atoms with Crippen molar-refractivity contribution in [3.05, 3.63) is 33.8 Å². The molecule has 0 N–H and O–H groups in total. The lowest BCUT2D eigenvalue weighted by molar-refractivity contribution is -0.165. The summed E-state index contributed by atoms with van der Waals surface area (Å²) in [7, 11) is 0. The smallest absolute Gasteiger partial charge is 0.353 e. The summed E-state index contributed by atoms with van der Waals surface area (Å²) in [5.41, 5.74) is -2.69. The molecule has 3 nitrogen and oxygen atoms in total. The van der Waals surface area contributed by atoms with E-state index in [0.29, 0.717) is 10.0 Å². The van der Waals surface area contributed by atoms with Crippen molar-refractivity contribution in [3.8, 4) is 0 Å². The van der Waals surface area contributed by atoms with E-state index in [-0.39, 0.29) is 12.0 Å². The first-order valence-electron chi connectivity index (χ1n) is 5.90. The summed E-state index contributed by atoms with van der Waals surface area (Å²) in [5.74, 6) is -1.94. The molecular weight excluding hydrogens is 315 g/mol. The molecule has 1 atom stereocenters. The van der Waals surface area contributed by atoms with Crippen LogP contribution in [-0.2, 0) is 16.0 Å². The number of alkyl halides is 1. The predicted molar refractivity (Wildman–Crippen MR) is 71.9 cm³/mol. The monoisotopic (exact) mass is 328 g/mol. The summed E-state index contributed by atoms with van der Waals surface area (Å²) in [6.07, 6.45) is -0.280.